The topological polar surface area (TPSA) is 0 Å². The minimum atomic E-state index is -0.533. The van der Waals surface area contributed by atoms with Gasteiger partial charge in [0.2, 0.25) is 0 Å². The van der Waals surface area contributed by atoms with E-state index in [2.05, 4.69) is 25.1 Å². The van der Waals surface area contributed by atoms with Crippen molar-refractivity contribution in [3.05, 3.63) is 81.9 Å². The molecule has 0 bridgehead atoms. The van der Waals surface area contributed by atoms with E-state index in [1.807, 2.05) is 6.07 Å². The molecule has 1 aliphatic rings. The minimum absolute atomic E-state index is 0.0447. The van der Waals surface area contributed by atoms with Gasteiger partial charge in [0.25, 0.3) is 0 Å². The Morgan fingerprint density at radius 2 is 1.63 bits per heavy atom. The second-order valence-corrected chi connectivity index (χ2v) is 7.65. The first-order valence-corrected chi connectivity index (χ1v) is 9.84. The lowest BCUT2D eigenvalue weighted by Crippen LogP contribution is -1.90. The Labute approximate surface area is 163 Å². The van der Waals surface area contributed by atoms with Crippen molar-refractivity contribution in [3.8, 4) is 22.3 Å². The number of aryl methyl sites for hydroxylation is 1. The molecule has 138 valence electrons. The molecular weight excluding hydrogens is 362 g/mol. The third-order valence-electron chi connectivity index (χ3n) is 5.33. The van der Waals surface area contributed by atoms with E-state index in [1.165, 1.54) is 42.5 Å². The van der Waals surface area contributed by atoms with Crippen LogP contribution in [-0.4, -0.2) is 0 Å². The van der Waals surface area contributed by atoms with Crippen LogP contribution in [0.25, 0.3) is 22.3 Å². The fourth-order valence-corrected chi connectivity index (χ4v) is 4.01. The quantitative estimate of drug-likeness (QED) is 0.312. The third-order valence-corrected chi connectivity index (χ3v) is 5.64. The first-order chi connectivity index (χ1) is 13.1. The molecule has 0 radical (unpaired) electrons. The molecule has 0 aliphatic heterocycles. The molecule has 0 amide bonds. The molecule has 3 heteroatoms. The first kappa shape index (κ1) is 18.2. The van der Waals surface area contributed by atoms with E-state index in [0.717, 1.165) is 29.5 Å². The van der Waals surface area contributed by atoms with E-state index >= 15 is 0 Å². The summed E-state index contributed by atoms with van der Waals surface area (Å²) >= 11 is 5.75. The van der Waals surface area contributed by atoms with Crippen LogP contribution in [0.2, 0.25) is 5.02 Å². The van der Waals surface area contributed by atoms with Gasteiger partial charge in [-0.2, -0.15) is 0 Å². The fraction of sp³-hybridized carbons (Fsp3) is 0.250. The van der Waals surface area contributed by atoms with Crippen molar-refractivity contribution in [1.82, 2.24) is 0 Å². The summed E-state index contributed by atoms with van der Waals surface area (Å²) in [5.41, 5.74) is 6.65. The van der Waals surface area contributed by atoms with Gasteiger partial charge < -0.3 is 0 Å². The summed E-state index contributed by atoms with van der Waals surface area (Å²) in [6, 6.07) is 14.4. The van der Waals surface area contributed by atoms with Crippen LogP contribution in [0.4, 0.5) is 8.78 Å². The molecule has 0 heterocycles. The number of benzene rings is 3. The maximum Gasteiger partial charge on any atom is 0.142 e. The van der Waals surface area contributed by atoms with E-state index in [1.54, 1.807) is 12.1 Å². The zero-order chi connectivity index (χ0) is 19.0. The lowest BCUT2D eigenvalue weighted by Gasteiger charge is -2.09. The average Bonchev–Trinajstić information content (AvgIpc) is 3.00. The number of hydrogen-bond donors (Lipinski definition) is 0. The summed E-state index contributed by atoms with van der Waals surface area (Å²) in [7, 11) is 0. The van der Waals surface area contributed by atoms with Gasteiger partial charge in [-0.3, -0.25) is 0 Å². The predicted molar refractivity (Wildman–Crippen MR) is 108 cm³/mol. The highest BCUT2D eigenvalue weighted by Gasteiger charge is 2.22. The average molecular weight is 383 g/mol. The molecule has 1 aliphatic carbocycles. The molecule has 3 aromatic carbocycles. The van der Waals surface area contributed by atoms with Crippen molar-refractivity contribution in [2.75, 3.05) is 0 Å². The molecule has 0 N–H and O–H groups in total. The molecule has 27 heavy (non-hydrogen) atoms. The standard InChI is InChI=1S/C24H21ClF2/c1-2-3-4-5-15-6-8-19-17(10-15)11-18-12-21(23(26)14-20(18)19)16-7-9-22(25)24(27)13-16/h6-10,12-14H,2-5,11H2,1H3. The Kier molecular flexibility index (Phi) is 5.01. The van der Waals surface area contributed by atoms with Crippen LogP contribution in [0.5, 0.6) is 0 Å². The maximum absolute atomic E-state index is 14.8. The minimum Gasteiger partial charge on any atom is -0.206 e. The van der Waals surface area contributed by atoms with Gasteiger partial charge >= 0.3 is 0 Å². The molecule has 0 spiro atoms. The van der Waals surface area contributed by atoms with Crippen molar-refractivity contribution in [2.24, 2.45) is 0 Å². The van der Waals surface area contributed by atoms with Gasteiger partial charge in [-0.15, -0.1) is 0 Å². The summed E-state index contributed by atoms with van der Waals surface area (Å²) in [6.45, 7) is 2.21. The van der Waals surface area contributed by atoms with Gasteiger partial charge in [-0.25, -0.2) is 8.78 Å². The Morgan fingerprint density at radius 1 is 0.815 bits per heavy atom. The van der Waals surface area contributed by atoms with Crippen molar-refractivity contribution in [2.45, 2.75) is 39.0 Å². The second kappa shape index (κ2) is 7.44. The molecule has 0 aromatic heterocycles. The van der Waals surface area contributed by atoms with E-state index in [-0.39, 0.29) is 10.8 Å². The summed E-state index contributed by atoms with van der Waals surface area (Å²) in [5, 5.41) is 0.0447. The van der Waals surface area contributed by atoms with E-state index in [4.69, 9.17) is 11.6 Å². The summed E-state index contributed by atoms with van der Waals surface area (Å²) in [6.07, 6.45) is 5.52. The normalized spacial score (nSPS) is 12.1. The smallest absolute Gasteiger partial charge is 0.142 e. The van der Waals surface area contributed by atoms with Crippen LogP contribution in [0.15, 0.2) is 48.5 Å². The van der Waals surface area contributed by atoms with Crippen molar-refractivity contribution in [1.29, 1.82) is 0 Å². The van der Waals surface area contributed by atoms with Crippen LogP contribution in [0.3, 0.4) is 0 Å². The van der Waals surface area contributed by atoms with Crippen molar-refractivity contribution < 1.29 is 8.78 Å². The molecule has 0 atom stereocenters. The lowest BCUT2D eigenvalue weighted by atomic mass is 9.98. The molecular formula is C24H21ClF2. The van der Waals surface area contributed by atoms with Gasteiger partial charge in [0.15, 0.2) is 0 Å². The Morgan fingerprint density at radius 3 is 2.41 bits per heavy atom. The molecule has 4 rings (SSSR count). The van der Waals surface area contributed by atoms with Gasteiger partial charge in [-0.1, -0.05) is 55.6 Å². The highest BCUT2D eigenvalue weighted by molar-refractivity contribution is 6.30. The monoisotopic (exact) mass is 382 g/mol. The molecule has 0 saturated heterocycles. The largest absolute Gasteiger partial charge is 0.206 e. The number of halogens is 3. The van der Waals surface area contributed by atoms with Crippen molar-refractivity contribution in [3.63, 3.8) is 0 Å². The zero-order valence-electron chi connectivity index (χ0n) is 15.3. The number of fused-ring (bicyclic) bond motifs is 3. The Hall–Kier alpha value is -2.19. The summed E-state index contributed by atoms with van der Waals surface area (Å²) < 4.78 is 28.6. The van der Waals surface area contributed by atoms with Gasteiger partial charge in [0.1, 0.15) is 11.6 Å². The van der Waals surface area contributed by atoms with E-state index < -0.39 is 5.82 Å². The number of unbranched alkanes of at least 4 members (excludes halogenated alkanes) is 2. The Balaban J connectivity index is 1.67. The first-order valence-electron chi connectivity index (χ1n) is 9.47. The third kappa shape index (κ3) is 3.51. The van der Waals surface area contributed by atoms with Crippen LogP contribution in [0, 0.1) is 11.6 Å². The SMILES string of the molecule is CCCCCc1ccc2c(c1)Cc1cc(-c3ccc(Cl)c(F)c3)c(F)cc1-2. The highest BCUT2D eigenvalue weighted by atomic mass is 35.5. The number of rotatable bonds is 5. The predicted octanol–water partition coefficient (Wildman–Crippen LogP) is 7.59. The van der Waals surface area contributed by atoms with Gasteiger partial charge in [-0.05, 0) is 76.9 Å². The summed E-state index contributed by atoms with van der Waals surface area (Å²) in [5.74, 6) is -0.871. The molecule has 0 nitrogen and oxygen atoms in total. The van der Waals surface area contributed by atoms with Crippen LogP contribution in [-0.2, 0) is 12.8 Å². The molecule has 0 unspecified atom stereocenters. The fourth-order valence-electron chi connectivity index (χ4n) is 3.90. The van der Waals surface area contributed by atoms with Crippen LogP contribution < -0.4 is 0 Å². The zero-order valence-corrected chi connectivity index (χ0v) is 16.0. The molecule has 0 saturated carbocycles. The van der Waals surface area contributed by atoms with Gasteiger partial charge in [0.05, 0.1) is 5.02 Å². The highest BCUT2D eigenvalue weighted by Crippen LogP contribution is 2.40. The molecule has 0 fully saturated rings. The maximum atomic E-state index is 14.8. The lowest BCUT2D eigenvalue weighted by molar-refractivity contribution is 0.625. The summed E-state index contributed by atoms with van der Waals surface area (Å²) in [4.78, 5) is 0. The number of hydrogen-bond acceptors (Lipinski definition) is 0. The van der Waals surface area contributed by atoms with Crippen LogP contribution >= 0.6 is 11.6 Å². The Bertz CT molecular complexity index is 1010. The van der Waals surface area contributed by atoms with Crippen molar-refractivity contribution >= 4 is 11.6 Å². The van der Waals surface area contributed by atoms with Crippen LogP contribution in [0.1, 0.15) is 42.9 Å². The molecule has 3 aromatic rings. The van der Waals surface area contributed by atoms with Gasteiger partial charge in [0, 0.05) is 5.56 Å². The van der Waals surface area contributed by atoms with E-state index in [9.17, 15) is 8.78 Å². The van der Waals surface area contributed by atoms with E-state index in [0.29, 0.717) is 11.1 Å². The second-order valence-electron chi connectivity index (χ2n) is 7.24.